The molecule has 0 radical (unpaired) electrons. The van der Waals surface area contributed by atoms with Crippen molar-refractivity contribution in [2.24, 2.45) is 16.6 Å². The van der Waals surface area contributed by atoms with Crippen molar-refractivity contribution in [2.75, 3.05) is 11.4 Å². The SMILES string of the molecule is CCC(CC)C1CN=C(N)N1c1ccccc1C. The summed E-state index contributed by atoms with van der Waals surface area (Å²) >= 11 is 0. The summed E-state index contributed by atoms with van der Waals surface area (Å²) < 4.78 is 0. The number of guanidine groups is 1. The fourth-order valence-electron chi connectivity index (χ4n) is 2.84. The van der Waals surface area contributed by atoms with Crippen LogP contribution in [-0.2, 0) is 0 Å². The molecule has 3 nitrogen and oxygen atoms in total. The van der Waals surface area contributed by atoms with E-state index in [0.717, 1.165) is 6.54 Å². The minimum atomic E-state index is 0.418. The number of aryl methyl sites for hydroxylation is 1. The molecule has 2 rings (SSSR count). The van der Waals surface area contributed by atoms with E-state index in [9.17, 15) is 0 Å². The highest BCUT2D eigenvalue weighted by Crippen LogP contribution is 2.30. The third-order valence-electron chi connectivity index (χ3n) is 3.99. The number of hydrogen-bond donors (Lipinski definition) is 1. The van der Waals surface area contributed by atoms with Gasteiger partial charge in [0.15, 0.2) is 5.96 Å². The van der Waals surface area contributed by atoms with Crippen LogP contribution in [0.2, 0.25) is 0 Å². The summed E-state index contributed by atoms with van der Waals surface area (Å²) in [6, 6.07) is 8.82. The largest absolute Gasteiger partial charge is 0.370 e. The first-order chi connectivity index (χ1) is 8.69. The van der Waals surface area contributed by atoms with Crippen LogP contribution < -0.4 is 10.6 Å². The standard InChI is InChI=1S/C15H23N3/c1-4-12(5-2)14-10-17-15(16)18(14)13-9-7-6-8-11(13)3/h6-9,12,14H,4-5,10H2,1-3H3,(H2,16,17). The Balaban J connectivity index is 2.33. The smallest absolute Gasteiger partial charge is 0.196 e. The van der Waals surface area contributed by atoms with Gasteiger partial charge in [-0.25, -0.2) is 0 Å². The highest BCUT2D eigenvalue weighted by molar-refractivity contribution is 5.97. The predicted molar refractivity (Wildman–Crippen MR) is 78.0 cm³/mol. The summed E-state index contributed by atoms with van der Waals surface area (Å²) in [5, 5.41) is 0. The maximum Gasteiger partial charge on any atom is 0.196 e. The van der Waals surface area contributed by atoms with E-state index in [-0.39, 0.29) is 0 Å². The summed E-state index contributed by atoms with van der Waals surface area (Å²) in [4.78, 5) is 6.68. The van der Waals surface area contributed by atoms with Crippen LogP contribution >= 0.6 is 0 Å². The molecule has 0 saturated heterocycles. The highest BCUT2D eigenvalue weighted by Gasteiger charge is 2.32. The van der Waals surface area contributed by atoms with Crippen molar-refractivity contribution in [2.45, 2.75) is 39.7 Å². The predicted octanol–water partition coefficient (Wildman–Crippen LogP) is 2.93. The lowest BCUT2D eigenvalue weighted by atomic mass is 9.93. The van der Waals surface area contributed by atoms with Crippen LogP contribution in [0.1, 0.15) is 32.3 Å². The Morgan fingerprint density at radius 3 is 2.61 bits per heavy atom. The van der Waals surface area contributed by atoms with Gasteiger partial charge in [0.05, 0.1) is 12.6 Å². The van der Waals surface area contributed by atoms with E-state index in [1.165, 1.54) is 24.1 Å². The van der Waals surface area contributed by atoms with Gasteiger partial charge in [0.25, 0.3) is 0 Å². The highest BCUT2D eigenvalue weighted by atomic mass is 15.3. The summed E-state index contributed by atoms with van der Waals surface area (Å²) in [6.45, 7) is 7.45. The number of nitrogens with zero attached hydrogens (tertiary/aromatic N) is 2. The average Bonchev–Trinajstić information content (AvgIpc) is 2.74. The molecule has 0 bridgehead atoms. The molecule has 98 valence electrons. The van der Waals surface area contributed by atoms with Gasteiger partial charge in [-0.05, 0) is 24.5 Å². The van der Waals surface area contributed by atoms with Gasteiger partial charge in [-0.1, -0.05) is 44.9 Å². The molecule has 1 aromatic rings. The molecule has 1 aromatic carbocycles. The summed E-state index contributed by atoms with van der Waals surface area (Å²) in [7, 11) is 0. The Labute approximate surface area is 110 Å². The molecular formula is C15H23N3. The first-order valence-electron chi connectivity index (χ1n) is 6.83. The lowest BCUT2D eigenvalue weighted by molar-refractivity contribution is 0.411. The second-order valence-electron chi connectivity index (χ2n) is 5.00. The zero-order valence-electron chi connectivity index (χ0n) is 11.6. The Hall–Kier alpha value is -1.51. The zero-order valence-corrected chi connectivity index (χ0v) is 11.6. The van der Waals surface area contributed by atoms with E-state index < -0.39 is 0 Å². The maximum absolute atomic E-state index is 6.09. The molecule has 18 heavy (non-hydrogen) atoms. The van der Waals surface area contributed by atoms with Gasteiger partial charge in [0.2, 0.25) is 0 Å². The third kappa shape index (κ3) is 2.22. The molecule has 3 heteroatoms. The molecule has 1 heterocycles. The molecule has 0 spiro atoms. The number of hydrogen-bond acceptors (Lipinski definition) is 3. The number of anilines is 1. The van der Waals surface area contributed by atoms with Crippen molar-refractivity contribution >= 4 is 11.6 Å². The van der Waals surface area contributed by atoms with Crippen LogP contribution in [0.25, 0.3) is 0 Å². The van der Waals surface area contributed by atoms with Crippen molar-refractivity contribution in [3.8, 4) is 0 Å². The maximum atomic E-state index is 6.09. The lowest BCUT2D eigenvalue weighted by Crippen LogP contribution is -2.45. The van der Waals surface area contributed by atoms with E-state index in [1.807, 2.05) is 0 Å². The van der Waals surface area contributed by atoms with Crippen LogP contribution in [0.5, 0.6) is 0 Å². The first kappa shape index (κ1) is 12.9. The van der Waals surface area contributed by atoms with E-state index in [4.69, 9.17) is 5.73 Å². The third-order valence-corrected chi connectivity index (χ3v) is 3.99. The van der Waals surface area contributed by atoms with Gasteiger partial charge in [-0.3, -0.25) is 4.99 Å². The van der Waals surface area contributed by atoms with E-state index >= 15 is 0 Å². The second-order valence-corrected chi connectivity index (χ2v) is 5.00. The van der Waals surface area contributed by atoms with Gasteiger partial charge in [-0.15, -0.1) is 0 Å². The minimum Gasteiger partial charge on any atom is -0.370 e. The van der Waals surface area contributed by atoms with Gasteiger partial charge < -0.3 is 10.6 Å². The Morgan fingerprint density at radius 1 is 1.33 bits per heavy atom. The Bertz CT molecular complexity index is 435. The molecule has 1 aliphatic rings. The van der Waals surface area contributed by atoms with Crippen molar-refractivity contribution in [3.05, 3.63) is 29.8 Å². The average molecular weight is 245 g/mol. The normalized spacial score (nSPS) is 19.4. The van der Waals surface area contributed by atoms with Crippen molar-refractivity contribution in [1.82, 2.24) is 0 Å². The number of rotatable bonds is 4. The molecule has 0 aromatic heterocycles. The van der Waals surface area contributed by atoms with Gasteiger partial charge in [-0.2, -0.15) is 0 Å². The number of nitrogens with two attached hydrogens (primary N) is 1. The monoisotopic (exact) mass is 245 g/mol. The van der Waals surface area contributed by atoms with Crippen molar-refractivity contribution < 1.29 is 0 Å². The second kappa shape index (κ2) is 5.42. The Morgan fingerprint density at radius 2 is 2.00 bits per heavy atom. The Kier molecular flexibility index (Phi) is 3.90. The summed E-state index contributed by atoms with van der Waals surface area (Å²) in [5.41, 5.74) is 8.55. The van der Waals surface area contributed by atoms with Crippen molar-refractivity contribution in [1.29, 1.82) is 0 Å². The van der Waals surface area contributed by atoms with Gasteiger partial charge >= 0.3 is 0 Å². The molecule has 2 N–H and O–H groups in total. The number of aliphatic imine (C=N–C) groups is 1. The zero-order chi connectivity index (χ0) is 13.1. The lowest BCUT2D eigenvalue weighted by Gasteiger charge is -2.32. The molecule has 1 unspecified atom stereocenters. The molecule has 0 fully saturated rings. The number of para-hydroxylation sites is 1. The van der Waals surface area contributed by atoms with Crippen molar-refractivity contribution in [3.63, 3.8) is 0 Å². The summed E-state index contributed by atoms with van der Waals surface area (Å²) in [5.74, 6) is 1.32. The van der Waals surface area contributed by atoms with Gasteiger partial charge in [0.1, 0.15) is 0 Å². The molecule has 1 atom stereocenters. The van der Waals surface area contributed by atoms with E-state index in [2.05, 4.69) is 54.9 Å². The molecular weight excluding hydrogens is 222 g/mol. The van der Waals surface area contributed by atoms with Crippen LogP contribution in [0.3, 0.4) is 0 Å². The van der Waals surface area contributed by atoms with Crippen LogP contribution in [0, 0.1) is 12.8 Å². The fraction of sp³-hybridized carbons (Fsp3) is 0.533. The quantitative estimate of drug-likeness (QED) is 0.886. The van der Waals surface area contributed by atoms with E-state index in [1.54, 1.807) is 0 Å². The molecule has 1 aliphatic heterocycles. The fourth-order valence-corrected chi connectivity index (χ4v) is 2.84. The first-order valence-corrected chi connectivity index (χ1v) is 6.83. The topological polar surface area (TPSA) is 41.6 Å². The minimum absolute atomic E-state index is 0.418. The van der Waals surface area contributed by atoms with Crippen LogP contribution in [0.15, 0.2) is 29.3 Å². The molecule has 0 aliphatic carbocycles. The van der Waals surface area contributed by atoms with Crippen LogP contribution in [-0.4, -0.2) is 18.5 Å². The molecule has 0 amide bonds. The molecule has 0 saturated carbocycles. The number of benzene rings is 1. The summed E-state index contributed by atoms with van der Waals surface area (Å²) in [6.07, 6.45) is 2.35. The van der Waals surface area contributed by atoms with Gasteiger partial charge in [0, 0.05) is 5.69 Å². The van der Waals surface area contributed by atoms with E-state index in [0.29, 0.717) is 17.9 Å². The van der Waals surface area contributed by atoms with Crippen LogP contribution in [0.4, 0.5) is 5.69 Å².